The summed E-state index contributed by atoms with van der Waals surface area (Å²) in [5.74, 6) is 0.262. The number of likely N-dealkylation sites (tertiary alicyclic amines) is 1. The molecule has 1 aromatic heterocycles. The molecule has 0 spiro atoms. The lowest BCUT2D eigenvalue weighted by Gasteiger charge is -2.19. The van der Waals surface area contributed by atoms with E-state index in [1.54, 1.807) is 6.07 Å². The molecule has 3 rings (SSSR count). The van der Waals surface area contributed by atoms with Gasteiger partial charge in [0.05, 0.1) is 0 Å². The number of nitrogens with zero attached hydrogens (tertiary/aromatic N) is 1. The van der Waals surface area contributed by atoms with Crippen LogP contribution in [0, 0.1) is 0 Å². The number of carbonyl (C=O) groups is 1. The van der Waals surface area contributed by atoms with Gasteiger partial charge in [0, 0.05) is 18.0 Å². The standard InChI is InChI=1S/C15H18N2O2/c1-17-8-4-6-12(17)10-16-15(18)14-9-11-5-2-3-7-13(11)19-14/h2-3,5,7,9,12H,4,6,8,10H2,1H3,(H,16,18)/t12-/m1/s1. The lowest BCUT2D eigenvalue weighted by atomic mass is 10.2. The van der Waals surface area contributed by atoms with Crippen molar-refractivity contribution in [2.45, 2.75) is 18.9 Å². The predicted octanol–water partition coefficient (Wildman–Crippen LogP) is 2.26. The SMILES string of the molecule is CN1CCC[C@@H]1CNC(=O)c1cc2ccccc2o1. The van der Waals surface area contributed by atoms with Crippen molar-refractivity contribution < 1.29 is 9.21 Å². The number of rotatable bonds is 3. The minimum atomic E-state index is -0.128. The Morgan fingerprint density at radius 1 is 1.47 bits per heavy atom. The summed E-state index contributed by atoms with van der Waals surface area (Å²) in [6.07, 6.45) is 2.36. The van der Waals surface area contributed by atoms with Crippen molar-refractivity contribution in [3.8, 4) is 0 Å². The molecule has 1 fully saturated rings. The third-order valence-electron chi connectivity index (χ3n) is 3.82. The molecule has 1 N–H and O–H groups in total. The highest BCUT2D eigenvalue weighted by atomic mass is 16.3. The molecule has 4 nitrogen and oxygen atoms in total. The fourth-order valence-corrected chi connectivity index (χ4v) is 2.63. The fourth-order valence-electron chi connectivity index (χ4n) is 2.63. The second-order valence-corrected chi connectivity index (χ2v) is 5.14. The molecule has 19 heavy (non-hydrogen) atoms. The molecule has 1 saturated heterocycles. The van der Waals surface area contributed by atoms with Gasteiger partial charge >= 0.3 is 0 Å². The van der Waals surface area contributed by atoms with Crippen molar-refractivity contribution in [2.75, 3.05) is 20.1 Å². The molecule has 2 aromatic rings. The van der Waals surface area contributed by atoms with Crippen LogP contribution in [0.5, 0.6) is 0 Å². The maximum Gasteiger partial charge on any atom is 0.287 e. The number of carbonyl (C=O) groups excluding carboxylic acids is 1. The molecule has 2 heterocycles. The molecule has 100 valence electrons. The summed E-state index contributed by atoms with van der Waals surface area (Å²) >= 11 is 0. The lowest BCUT2D eigenvalue weighted by Crippen LogP contribution is -2.38. The van der Waals surface area contributed by atoms with Crippen LogP contribution in [0.3, 0.4) is 0 Å². The first-order valence-electron chi connectivity index (χ1n) is 6.71. The zero-order valence-electron chi connectivity index (χ0n) is 11.1. The van der Waals surface area contributed by atoms with Crippen LogP contribution in [0.1, 0.15) is 23.4 Å². The van der Waals surface area contributed by atoms with Gasteiger partial charge in [0.25, 0.3) is 5.91 Å². The van der Waals surface area contributed by atoms with Crippen LogP contribution in [0.25, 0.3) is 11.0 Å². The van der Waals surface area contributed by atoms with Gasteiger partial charge in [-0.25, -0.2) is 0 Å². The van der Waals surface area contributed by atoms with Crippen LogP contribution < -0.4 is 5.32 Å². The van der Waals surface area contributed by atoms with E-state index in [0.717, 1.165) is 23.9 Å². The van der Waals surface area contributed by atoms with Crippen LogP contribution in [-0.2, 0) is 0 Å². The van der Waals surface area contributed by atoms with Crippen LogP contribution in [-0.4, -0.2) is 37.0 Å². The Morgan fingerprint density at radius 2 is 2.32 bits per heavy atom. The molecule has 4 heteroatoms. The van der Waals surface area contributed by atoms with E-state index in [1.165, 1.54) is 6.42 Å². The second kappa shape index (κ2) is 5.05. The Kier molecular flexibility index (Phi) is 3.25. The number of hydrogen-bond donors (Lipinski definition) is 1. The molecule has 1 aliphatic rings. The lowest BCUT2D eigenvalue weighted by molar-refractivity contribution is 0.0918. The van der Waals surface area contributed by atoms with E-state index >= 15 is 0 Å². The average Bonchev–Trinajstić information content (AvgIpc) is 3.01. The molecule has 0 radical (unpaired) electrons. The third-order valence-corrected chi connectivity index (χ3v) is 3.82. The largest absolute Gasteiger partial charge is 0.451 e. The average molecular weight is 258 g/mol. The maximum absolute atomic E-state index is 12.1. The van der Waals surface area contributed by atoms with Gasteiger partial charge in [0.15, 0.2) is 5.76 Å². The Labute approximate surface area is 112 Å². The summed E-state index contributed by atoms with van der Waals surface area (Å²) in [4.78, 5) is 14.3. The van der Waals surface area contributed by atoms with Crippen molar-refractivity contribution >= 4 is 16.9 Å². The van der Waals surface area contributed by atoms with E-state index in [2.05, 4.69) is 17.3 Å². The number of para-hydroxylation sites is 1. The van der Waals surface area contributed by atoms with Crippen molar-refractivity contribution in [3.63, 3.8) is 0 Å². The van der Waals surface area contributed by atoms with E-state index in [0.29, 0.717) is 18.3 Å². The number of fused-ring (bicyclic) bond motifs is 1. The summed E-state index contributed by atoms with van der Waals surface area (Å²) in [7, 11) is 2.10. The van der Waals surface area contributed by atoms with Gasteiger partial charge in [0.2, 0.25) is 0 Å². The van der Waals surface area contributed by atoms with Crippen molar-refractivity contribution in [3.05, 3.63) is 36.1 Å². The molecule has 0 saturated carbocycles. The predicted molar refractivity (Wildman–Crippen MR) is 74.2 cm³/mol. The summed E-state index contributed by atoms with van der Waals surface area (Å²) in [5, 5.41) is 3.92. The number of hydrogen-bond acceptors (Lipinski definition) is 3. The van der Waals surface area contributed by atoms with Crippen LogP contribution >= 0.6 is 0 Å². The Morgan fingerprint density at radius 3 is 3.05 bits per heavy atom. The highest BCUT2D eigenvalue weighted by Crippen LogP contribution is 2.19. The fraction of sp³-hybridized carbons (Fsp3) is 0.400. The second-order valence-electron chi connectivity index (χ2n) is 5.14. The molecular weight excluding hydrogens is 240 g/mol. The first kappa shape index (κ1) is 12.2. The van der Waals surface area contributed by atoms with Crippen LogP contribution in [0.2, 0.25) is 0 Å². The summed E-state index contributed by atoms with van der Waals surface area (Å²) < 4.78 is 5.55. The van der Waals surface area contributed by atoms with Crippen molar-refractivity contribution in [2.24, 2.45) is 0 Å². The number of nitrogens with one attached hydrogen (secondary N) is 1. The maximum atomic E-state index is 12.1. The zero-order valence-corrected chi connectivity index (χ0v) is 11.1. The highest BCUT2D eigenvalue weighted by Gasteiger charge is 2.22. The van der Waals surface area contributed by atoms with E-state index in [-0.39, 0.29) is 5.91 Å². The van der Waals surface area contributed by atoms with Gasteiger partial charge in [0.1, 0.15) is 5.58 Å². The van der Waals surface area contributed by atoms with E-state index in [4.69, 9.17) is 4.42 Å². The number of likely N-dealkylation sites (N-methyl/N-ethyl adjacent to an activating group) is 1. The number of furan rings is 1. The van der Waals surface area contributed by atoms with Gasteiger partial charge in [-0.2, -0.15) is 0 Å². The third kappa shape index (κ3) is 2.49. The molecular formula is C15H18N2O2. The first-order valence-corrected chi connectivity index (χ1v) is 6.71. The zero-order chi connectivity index (χ0) is 13.2. The number of amides is 1. The van der Waals surface area contributed by atoms with E-state index in [9.17, 15) is 4.79 Å². The van der Waals surface area contributed by atoms with Crippen LogP contribution in [0.4, 0.5) is 0 Å². The molecule has 1 atom stereocenters. The van der Waals surface area contributed by atoms with E-state index in [1.807, 2.05) is 24.3 Å². The number of benzene rings is 1. The van der Waals surface area contributed by atoms with Gasteiger partial charge in [-0.3, -0.25) is 4.79 Å². The summed E-state index contributed by atoms with van der Waals surface area (Å²) in [6.45, 7) is 1.80. The van der Waals surface area contributed by atoms with Gasteiger partial charge < -0.3 is 14.6 Å². The topological polar surface area (TPSA) is 45.5 Å². The molecule has 0 unspecified atom stereocenters. The van der Waals surface area contributed by atoms with Gasteiger partial charge in [-0.05, 0) is 38.6 Å². The molecule has 0 bridgehead atoms. The Bertz CT molecular complexity index is 558. The van der Waals surface area contributed by atoms with E-state index < -0.39 is 0 Å². The molecule has 1 aromatic carbocycles. The first-order chi connectivity index (χ1) is 9.24. The van der Waals surface area contributed by atoms with Crippen molar-refractivity contribution in [1.29, 1.82) is 0 Å². The molecule has 0 aliphatic carbocycles. The Hall–Kier alpha value is -1.81. The monoisotopic (exact) mass is 258 g/mol. The normalized spacial score (nSPS) is 19.9. The molecule has 1 amide bonds. The highest BCUT2D eigenvalue weighted by molar-refractivity contribution is 5.96. The summed E-state index contributed by atoms with van der Waals surface area (Å²) in [5.41, 5.74) is 0.755. The minimum absolute atomic E-state index is 0.128. The van der Waals surface area contributed by atoms with Gasteiger partial charge in [-0.1, -0.05) is 18.2 Å². The minimum Gasteiger partial charge on any atom is -0.451 e. The molecule has 1 aliphatic heterocycles. The quantitative estimate of drug-likeness (QED) is 0.918. The van der Waals surface area contributed by atoms with Crippen LogP contribution in [0.15, 0.2) is 34.7 Å². The Balaban J connectivity index is 1.66. The summed E-state index contributed by atoms with van der Waals surface area (Å²) in [6, 6.07) is 9.90. The smallest absolute Gasteiger partial charge is 0.287 e. The van der Waals surface area contributed by atoms with Gasteiger partial charge in [-0.15, -0.1) is 0 Å². The van der Waals surface area contributed by atoms with Crippen molar-refractivity contribution in [1.82, 2.24) is 10.2 Å².